The summed E-state index contributed by atoms with van der Waals surface area (Å²) >= 11 is 0. The Kier molecular flexibility index (Phi) is 6.56. The fourth-order valence-electron chi connectivity index (χ4n) is 2.50. The quantitative estimate of drug-likeness (QED) is 0.768. The number of ether oxygens (including phenoxy) is 1. The zero-order chi connectivity index (χ0) is 14.9. The van der Waals surface area contributed by atoms with Gasteiger partial charge in [-0.3, -0.25) is 9.69 Å². The maximum atomic E-state index is 12.3. The Balaban J connectivity index is 1.75. The van der Waals surface area contributed by atoms with Crippen LogP contribution in [0, 0.1) is 0 Å². The molecule has 0 N–H and O–H groups in total. The predicted octanol–water partition coefficient (Wildman–Crippen LogP) is 0.590. The zero-order valence-electron chi connectivity index (χ0n) is 12.7. The molecule has 0 aliphatic carbocycles. The second kappa shape index (κ2) is 8.69. The van der Waals surface area contributed by atoms with Crippen LogP contribution in [-0.4, -0.2) is 72.1 Å². The molecule has 2 rings (SSSR count). The molecule has 21 heavy (non-hydrogen) atoms. The fraction of sp³-hybridized carbons (Fsp3) is 0.667. The summed E-state index contributed by atoms with van der Waals surface area (Å²) in [5, 5.41) is 0. The van der Waals surface area contributed by atoms with Gasteiger partial charge in [0.15, 0.2) is 0 Å². The maximum Gasteiger partial charge on any atom is 0.223 e. The van der Waals surface area contributed by atoms with Crippen LogP contribution in [0.4, 0.5) is 0 Å². The minimum absolute atomic E-state index is 0.205. The SMILES string of the molecule is COCCN1CCCN(C(=O)CCc2ncccn2)CC1. The number of methoxy groups -OCH3 is 1. The highest BCUT2D eigenvalue weighted by atomic mass is 16.5. The van der Waals surface area contributed by atoms with Crippen molar-refractivity contribution >= 4 is 5.91 Å². The molecule has 1 aliphatic rings. The third-order valence-electron chi connectivity index (χ3n) is 3.73. The van der Waals surface area contributed by atoms with Crippen LogP contribution in [0.5, 0.6) is 0 Å². The van der Waals surface area contributed by atoms with E-state index in [-0.39, 0.29) is 5.91 Å². The number of rotatable bonds is 6. The molecule has 0 saturated carbocycles. The lowest BCUT2D eigenvalue weighted by molar-refractivity contribution is -0.131. The minimum Gasteiger partial charge on any atom is -0.383 e. The molecule has 0 aromatic carbocycles. The van der Waals surface area contributed by atoms with Crippen molar-refractivity contribution in [1.82, 2.24) is 19.8 Å². The lowest BCUT2D eigenvalue weighted by atomic mass is 10.2. The fourth-order valence-corrected chi connectivity index (χ4v) is 2.50. The molecule has 1 aliphatic heterocycles. The Bertz CT molecular complexity index is 427. The van der Waals surface area contributed by atoms with Crippen LogP contribution in [0.25, 0.3) is 0 Å². The number of nitrogens with zero attached hydrogens (tertiary/aromatic N) is 4. The van der Waals surface area contributed by atoms with Gasteiger partial charge in [-0.2, -0.15) is 0 Å². The molecule has 1 amide bonds. The van der Waals surface area contributed by atoms with Gasteiger partial charge < -0.3 is 9.64 Å². The van der Waals surface area contributed by atoms with Crippen molar-refractivity contribution in [1.29, 1.82) is 0 Å². The van der Waals surface area contributed by atoms with Crippen LogP contribution < -0.4 is 0 Å². The molecule has 2 heterocycles. The van der Waals surface area contributed by atoms with Gasteiger partial charge in [0.25, 0.3) is 0 Å². The molecule has 0 bridgehead atoms. The summed E-state index contributed by atoms with van der Waals surface area (Å²) in [6.45, 7) is 5.30. The molecule has 0 atom stereocenters. The van der Waals surface area contributed by atoms with E-state index in [1.54, 1.807) is 25.6 Å². The molecule has 0 radical (unpaired) electrons. The van der Waals surface area contributed by atoms with Crippen molar-refractivity contribution < 1.29 is 9.53 Å². The Morgan fingerprint density at radius 3 is 2.81 bits per heavy atom. The normalized spacial score (nSPS) is 16.7. The molecule has 0 unspecified atom stereocenters. The minimum atomic E-state index is 0.205. The first-order chi connectivity index (χ1) is 10.3. The van der Waals surface area contributed by atoms with Crippen LogP contribution in [0.3, 0.4) is 0 Å². The molecule has 6 heteroatoms. The summed E-state index contributed by atoms with van der Waals surface area (Å²) in [7, 11) is 1.72. The average Bonchev–Trinajstić information content (AvgIpc) is 2.77. The van der Waals surface area contributed by atoms with Crippen molar-refractivity contribution in [2.24, 2.45) is 0 Å². The molecular formula is C15H24N4O2. The van der Waals surface area contributed by atoms with Gasteiger partial charge in [-0.15, -0.1) is 0 Å². The molecule has 116 valence electrons. The summed E-state index contributed by atoms with van der Waals surface area (Å²) in [5.74, 6) is 0.943. The number of hydrogen-bond donors (Lipinski definition) is 0. The highest BCUT2D eigenvalue weighted by molar-refractivity contribution is 5.76. The molecule has 1 aromatic rings. The van der Waals surface area contributed by atoms with Crippen molar-refractivity contribution in [3.63, 3.8) is 0 Å². The molecule has 1 saturated heterocycles. The summed E-state index contributed by atoms with van der Waals surface area (Å²) in [5.41, 5.74) is 0. The zero-order valence-corrected chi connectivity index (χ0v) is 12.7. The Labute approximate surface area is 126 Å². The van der Waals surface area contributed by atoms with Gasteiger partial charge in [0.1, 0.15) is 5.82 Å². The Morgan fingerprint density at radius 1 is 1.24 bits per heavy atom. The summed E-state index contributed by atoms with van der Waals surface area (Å²) < 4.78 is 5.11. The van der Waals surface area contributed by atoms with E-state index in [0.717, 1.165) is 51.6 Å². The van der Waals surface area contributed by atoms with Crippen molar-refractivity contribution in [3.05, 3.63) is 24.3 Å². The second-order valence-corrected chi connectivity index (χ2v) is 5.23. The third kappa shape index (κ3) is 5.40. The van der Waals surface area contributed by atoms with Crippen molar-refractivity contribution in [2.75, 3.05) is 46.4 Å². The number of carbonyl (C=O) groups is 1. The van der Waals surface area contributed by atoms with E-state index in [0.29, 0.717) is 12.8 Å². The van der Waals surface area contributed by atoms with E-state index in [4.69, 9.17) is 4.74 Å². The number of amides is 1. The summed E-state index contributed by atoms with van der Waals surface area (Å²) in [6, 6.07) is 1.79. The molecule has 6 nitrogen and oxygen atoms in total. The molecule has 1 fully saturated rings. The van der Waals surface area contributed by atoms with Crippen LogP contribution in [0.1, 0.15) is 18.7 Å². The first-order valence-electron chi connectivity index (χ1n) is 7.54. The van der Waals surface area contributed by atoms with Crippen LogP contribution in [0.2, 0.25) is 0 Å². The van der Waals surface area contributed by atoms with E-state index in [2.05, 4.69) is 14.9 Å². The van der Waals surface area contributed by atoms with Gasteiger partial charge in [0.2, 0.25) is 5.91 Å². The standard InChI is InChI=1S/C15H24N4O2/c1-21-13-12-18-8-3-9-19(11-10-18)15(20)5-4-14-16-6-2-7-17-14/h2,6-7H,3-5,8-13H2,1H3. The number of hydrogen-bond acceptors (Lipinski definition) is 5. The third-order valence-corrected chi connectivity index (χ3v) is 3.73. The van der Waals surface area contributed by atoms with Gasteiger partial charge >= 0.3 is 0 Å². The van der Waals surface area contributed by atoms with Crippen molar-refractivity contribution in [3.8, 4) is 0 Å². The smallest absolute Gasteiger partial charge is 0.223 e. The number of aromatic nitrogens is 2. The molecule has 1 aromatic heterocycles. The lowest BCUT2D eigenvalue weighted by Crippen LogP contribution is -2.36. The van der Waals surface area contributed by atoms with E-state index < -0.39 is 0 Å². The Hall–Kier alpha value is -1.53. The predicted molar refractivity (Wildman–Crippen MR) is 79.9 cm³/mol. The average molecular weight is 292 g/mol. The number of aryl methyl sites for hydroxylation is 1. The molecule has 0 spiro atoms. The van der Waals surface area contributed by atoms with E-state index in [1.807, 2.05) is 4.90 Å². The van der Waals surface area contributed by atoms with E-state index >= 15 is 0 Å². The highest BCUT2D eigenvalue weighted by Crippen LogP contribution is 2.06. The topological polar surface area (TPSA) is 58.6 Å². The van der Waals surface area contributed by atoms with Gasteiger partial charge in [0, 0.05) is 58.5 Å². The monoisotopic (exact) mass is 292 g/mol. The van der Waals surface area contributed by atoms with Crippen LogP contribution >= 0.6 is 0 Å². The summed E-state index contributed by atoms with van der Waals surface area (Å²) in [4.78, 5) is 24.9. The first-order valence-corrected chi connectivity index (χ1v) is 7.54. The van der Waals surface area contributed by atoms with Gasteiger partial charge in [-0.1, -0.05) is 0 Å². The largest absolute Gasteiger partial charge is 0.383 e. The second-order valence-electron chi connectivity index (χ2n) is 5.23. The number of carbonyl (C=O) groups excluding carboxylic acids is 1. The summed E-state index contributed by atoms with van der Waals surface area (Å²) in [6.07, 6.45) is 5.56. The first kappa shape index (κ1) is 15.9. The van der Waals surface area contributed by atoms with Gasteiger partial charge in [-0.05, 0) is 19.0 Å². The van der Waals surface area contributed by atoms with Gasteiger partial charge in [-0.25, -0.2) is 9.97 Å². The lowest BCUT2D eigenvalue weighted by Gasteiger charge is -2.21. The van der Waals surface area contributed by atoms with Crippen LogP contribution in [-0.2, 0) is 16.0 Å². The molecular weight excluding hydrogens is 268 g/mol. The van der Waals surface area contributed by atoms with E-state index in [9.17, 15) is 4.79 Å². The van der Waals surface area contributed by atoms with Crippen LogP contribution in [0.15, 0.2) is 18.5 Å². The van der Waals surface area contributed by atoms with E-state index in [1.165, 1.54) is 0 Å². The maximum absolute atomic E-state index is 12.3. The highest BCUT2D eigenvalue weighted by Gasteiger charge is 2.18. The Morgan fingerprint density at radius 2 is 2.05 bits per heavy atom. The van der Waals surface area contributed by atoms with Gasteiger partial charge in [0.05, 0.1) is 6.61 Å². The van der Waals surface area contributed by atoms with Crippen molar-refractivity contribution in [2.45, 2.75) is 19.3 Å².